The first kappa shape index (κ1) is 16.9. The first-order valence-corrected chi connectivity index (χ1v) is 9.16. The lowest BCUT2D eigenvalue weighted by molar-refractivity contribution is 0.136. The largest absolute Gasteiger partial charge is 0.365 e. The van der Waals surface area contributed by atoms with Gasteiger partial charge in [0.25, 0.3) is 0 Å². The molecule has 136 valence electrons. The van der Waals surface area contributed by atoms with Gasteiger partial charge < -0.3 is 5.32 Å². The van der Waals surface area contributed by atoms with Crippen molar-refractivity contribution in [1.82, 2.24) is 25.5 Å². The summed E-state index contributed by atoms with van der Waals surface area (Å²) in [6.07, 6.45) is 10.6. The number of rotatable bonds is 4. The number of nitrogens with zero attached hydrogens (tertiary/aromatic N) is 4. The Labute approximate surface area is 151 Å². The maximum Gasteiger partial charge on any atom is 0.162 e. The van der Waals surface area contributed by atoms with Gasteiger partial charge >= 0.3 is 0 Å². The van der Waals surface area contributed by atoms with Crippen LogP contribution in [0.15, 0.2) is 36.0 Å². The fraction of sp³-hybridized carbons (Fsp3) is 0.474. The molecule has 2 aromatic heterocycles. The van der Waals surface area contributed by atoms with Crippen LogP contribution in [0.1, 0.15) is 44.7 Å². The molecule has 2 bridgehead atoms. The molecular formula is C19H23FN6. The maximum absolute atomic E-state index is 14.5. The van der Waals surface area contributed by atoms with E-state index >= 15 is 0 Å². The highest BCUT2D eigenvalue weighted by atomic mass is 19.1. The summed E-state index contributed by atoms with van der Waals surface area (Å²) < 4.78 is 14.5. The van der Waals surface area contributed by atoms with Crippen molar-refractivity contribution in [2.75, 3.05) is 0 Å². The first-order chi connectivity index (χ1) is 12.7. The Balaban J connectivity index is 1.60. The van der Waals surface area contributed by atoms with Crippen LogP contribution < -0.4 is 5.32 Å². The fourth-order valence-electron chi connectivity index (χ4n) is 4.19. The molecule has 0 aliphatic heterocycles. The second-order valence-electron chi connectivity index (χ2n) is 7.17. The lowest BCUT2D eigenvalue weighted by Gasteiger charge is -2.43. The fourth-order valence-corrected chi connectivity index (χ4v) is 4.19. The van der Waals surface area contributed by atoms with E-state index in [0.717, 1.165) is 17.7 Å². The number of nitrogens with one attached hydrogen (secondary N) is 2. The number of hydrogen-bond acceptors (Lipinski definition) is 4. The molecule has 6 nitrogen and oxygen atoms in total. The number of allylic oxidation sites excluding steroid dienone is 1. The Morgan fingerprint density at radius 3 is 2.88 bits per heavy atom. The molecule has 3 fully saturated rings. The quantitative estimate of drug-likeness (QED) is 0.647. The predicted octanol–water partition coefficient (Wildman–Crippen LogP) is 3.76. The minimum absolute atomic E-state index is 0.239. The van der Waals surface area contributed by atoms with Gasteiger partial charge in [-0.15, -0.1) is 0 Å². The molecule has 3 aliphatic rings. The van der Waals surface area contributed by atoms with E-state index in [-0.39, 0.29) is 17.7 Å². The third-order valence-electron chi connectivity index (χ3n) is 5.61. The van der Waals surface area contributed by atoms with Gasteiger partial charge in [0, 0.05) is 12.2 Å². The molecule has 0 spiro atoms. The van der Waals surface area contributed by atoms with E-state index in [1.807, 2.05) is 0 Å². The van der Waals surface area contributed by atoms with Gasteiger partial charge in [-0.3, -0.25) is 5.10 Å². The van der Waals surface area contributed by atoms with Crippen molar-refractivity contribution in [1.29, 1.82) is 0 Å². The van der Waals surface area contributed by atoms with Gasteiger partial charge in [-0.25, -0.2) is 19.4 Å². The van der Waals surface area contributed by atoms with Crippen molar-refractivity contribution in [3.63, 3.8) is 0 Å². The van der Waals surface area contributed by atoms with Gasteiger partial charge in [0.05, 0.1) is 11.1 Å². The summed E-state index contributed by atoms with van der Waals surface area (Å²) in [5.41, 5.74) is 1.53. The zero-order valence-electron chi connectivity index (χ0n) is 14.9. The zero-order chi connectivity index (χ0) is 18.1. The number of aromatic nitrogens is 4. The van der Waals surface area contributed by atoms with Crippen molar-refractivity contribution in [2.45, 2.75) is 45.1 Å². The van der Waals surface area contributed by atoms with Crippen LogP contribution in [-0.4, -0.2) is 32.0 Å². The SMILES string of the molecule is C=C(/N=C(NC1CC2CCC1CC2)\C(F)=C/C)c1n[nH]c2ncncc12. The molecule has 0 amide bonds. The summed E-state index contributed by atoms with van der Waals surface area (Å²) in [5.74, 6) is 1.22. The summed E-state index contributed by atoms with van der Waals surface area (Å²) in [4.78, 5) is 12.6. The second kappa shape index (κ2) is 6.97. The van der Waals surface area contributed by atoms with Gasteiger partial charge in [-0.2, -0.15) is 5.10 Å². The Hall–Kier alpha value is -2.57. The van der Waals surface area contributed by atoms with E-state index in [1.165, 1.54) is 38.1 Å². The number of aliphatic imine (C=N–C) groups is 1. The highest BCUT2D eigenvalue weighted by Gasteiger charge is 2.36. The summed E-state index contributed by atoms with van der Waals surface area (Å²) >= 11 is 0. The average molecular weight is 354 g/mol. The van der Waals surface area contributed by atoms with Crippen LogP contribution in [0.25, 0.3) is 16.7 Å². The Bertz CT molecular complexity index is 875. The van der Waals surface area contributed by atoms with Crippen molar-refractivity contribution in [3.8, 4) is 0 Å². The molecule has 1 unspecified atom stereocenters. The molecule has 2 heterocycles. The molecule has 3 aliphatic carbocycles. The monoisotopic (exact) mass is 354 g/mol. The maximum atomic E-state index is 14.5. The molecule has 7 heteroatoms. The lowest BCUT2D eigenvalue weighted by atomic mass is 9.68. The topological polar surface area (TPSA) is 78.9 Å². The second-order valence-corrected chi connectivity index (χ2v) is 7.17. The summed E-state index contributed by atoms with van der Waals surface area (Å²) in [7, 11) is 0. The molecule has 0 radical (unpaired) electrons. The number of fused-ring (bicyclic) bond motifs is 4. The lowest BCUT2D eigenvalue weighted by Crippen LogP contribution is -2.47. The number of H-pyrrole nitrogens is 1. The highest BCUT2D eigenvalue weighted by molar-refractivity contribution is 6.00. The third kappa shape index (κ3) is 3.13. The van der Waals surface area contributed by atoms with Gasteiger partial charge in [0.15, 0.2) is 17.3 Å². The molecule has 0 aromatic carbocycles. The molecule has 26 heavy (non-hydrogen) atoms. The van der Waals surface area contributed by atoms with E-state index < -0.39 is 0 Å². The molecule has 2 N–H and O–H groups in total. The first-order valence-electron chi connectivity index (χ1n) is 9.16. The van der Waals surface area contributed by atoms with Crippen LogP contribution in [0.3, 0.4) is 0 Å². The van der Waals surface area contributed by atoms with Gasteiger partial charge in [-0.05, 0) is 44.1 Å². The van der Waals surface area contributed by atoms with Crippen molar-refractivity contribution in [3.05, 3.63) is 36.7 Å². The Morgan fingerprint density at radius 2 is 2.19 bits per heavy atom. The predicted molar refractivity (Wildman–Crippen MR) is 100 cm³/mol. The van der Waals surface area contributed by atoms with Crippen LogP contribution in [-0.2, 0) is 0 Å². The number of aromatic amines is 1. The third-order valence-corrected chi connectivity index (χ3v) is 5.61. The molecule has 3 saturated carbocycles. The molecule has 1 atom stereocenters. The molecule has 5 rings (SSSR count). The number of halogens is 1. The van der Waals surface area contributed by atoms with E-state index in [4.69, 9.17) is 0 Å². The van der Waals surface area contributed by atoms with Crippen LogP contribution in [0.5, 0.6) is 0 Å². The van der Waals surface area contributed by atoms with Gasteiger partial charge in [0.1, 0.15) is 12.0 Å². The van der Waals surface area contributed by atoms with E-state index in [2.05, 4.69) is 37.1 Å². The van der Waals surface area contributed by atoms with Crippen LogP contribution >= 0.6 is 0 Å². The van der Waals surface area contributed by atoms with Crippen molar-refractivity contribution in [2.24, 2.45) is 16.8 Å². The molecule has 2 aromatic rings. The average Bonchev–Trinajstić information content (AvgIpc) is 3.12. The standard InChI is InChI=1S/C19H23FN6/c1-3-15(20)19(24-16-8-12-4-6-13(16)7-5-12)23-11(2)17-14-9-21-10-22-18(14)26-25-17/h3,9-10,12-13,16H,2,4-8H2,1H3,(H,23,24)(H,21,22,25,26)/b15-3+. The van der Waals surface area contributed by atoms with Gasteiger partial charge in [0.2, 0.25) is 0 Å². The summed E-state index contributed by atoms with van der Waals surface area (Å²) in [6.45, 7) is 5.65. The minimum Gasteiger partial charge on any atom is -0.365 e. The Kier molecular flexibility index (Phi) is 4.53. The smallest absolute Gasteiger partial charge is 0.162 e. The normalized spacial score (nSPS) is 26.3. The van der Waals surface area contributed by atoms with Crippen LogP contribution in [0.4, 0.5) is 4.39 Å². The zero-order valence-corrected chi connectivity index (χ0v) is 14.9. The van der Waals surface area contributed by atoms with Crippen molar-refractivity contribution < 1.29 is 4.39 Å². The number of hydrogen-bond donors (Lipinski definition) is 2. The Morgan fingerprint density at radius 1 is 1.38 bits per heavy atom. The number of amidine groups is 1. The highest BCUT2D eigenvalue weighted by Crippen LogP contribution is 2.41. The van der Waals surface area contributed by atoms with Crippen molar-refractivity contribution >= 4 is 22.6 Å². The van der Waals surface area contributed by atoms with Crippen LogP contribution in [0, 0.1) is 11.8 Å². The summed E-state index contributed by atoms with van der Waals surface area (Å²) in [6, 6.07) is 0.277. The molecule has 0 saturated heterocycles. The van der Waals surface area contributed by atoms with E-state index in [1.54, 1.807) is 13.1 Å². The summed E-state index contributed by atoms with van der Waals surface area (Å²) in [5, 5.41) is 11.1. The van der Waals surface area contributed by atoms with Gasteiger partial charge in [-0.1, -0.05) is 19.4 Å². The van der Waals surface area contributed by atoms with Crippen LogP contribution in [0.2, 0.25) is 0 Å². The van der Waals surface area contributed by atoms with E-state index in [9.17, 15) is 4.39 Å². The molecular weight excluding hydrogens is 331 g/mol. The minimum atomic E-state index is -0.372. The van der Waals surface area contributed by atoms with E-state index in [0.29, 0.717) is 23.0 Å².